The van der Waals surface area contributed by atoms with Gasteiger partial charge in [-0.2, -0.15) is 0 Å². The minimum Gasteiger partial charge on any atom is -0.314 e. The van der Waals surface area contributed by atoms with Crippen molar-refractivity contribution in [2.24, 2.45) is 11.3 Å². The summed E-state index contributed by atoms with van der Waals surface area (Å²) in [5, 5.41) is 3.45. The molecule has 110 valence electrons. The van der Waals surface area contributed by atoms with Gasteiger partial charge in [0, 0.05) is 51.4 Å². The maximum Gasteiger partial charge on any atom is 0.0110 e. The zero-order valence-electron chi connectivity index (χ0n) is 13.0. The molecule has 0 bridgehead atoms. The van der Waals surface area contributed by atoms with E-state index in [1.54, 1.807) is 0 Å². The molecule has 2 heterocycles. The molecule has 0 aromatic heterocycles. The van der Waals surface area contributed by atoms with Crippen molar-refractivity contribution < 1.29 is 0 Å². The van der Waals surface area contributed by atoms with Gasteiger partial charge in [0.15, 0.2) is 0 Å². The van der Waals surface area contributed by atoms with Crippen LogP contribution in [0.4, 0.5) is 0 Å². The van der Waals surface area contributed by atoms with Crippen LogP contribution in [0.25, 0.3) is 0 Å². The normalized spacial score (nSPS) is 30.3. The first-order valence-corrected chi connectivity index (χ1v) is 8.27. The molecule has 0 aromatic carbocycles. The van der Waals surface area contributed by atoms with E-state index in [9.17, 15) is 0 Å². The van der Waals surface area contributed by atoms with Gasteiger partial charge in [-0.05, 0) is 51.4 Å². The van der Waals surface area contributed by atoms with Crippen LogP contribution in [0.5, 0.6) is 0 Å². The Morgan fingerprint density at radius 3 is 2.26 bits per heavy atom. The van der Waals surface area contributed by atoms with Crippen LogP contribution in [-0.4, -0.2) is 61.2 Å². The Hall–Kier alpha value is -0.120. The molecule has 1 atom stereocenters. The van der Waals surface area contributed by atoms with Crippen molar-refractivity contribution in [2.45, 2.75) is 52.1 Å². The molecule has 0 aromatic rings. The Labute approximate surface area is 118 Å². The largest absolute Gasteiger partial charge is 0.314 e. The Balaban J connectivity index is 1.37. The van der Waals surface area contributed by atoms with Crippen molar-refractivity contribution >= 4 is 0 Å². The zero-order valence-corrected chi connectivity index (χ0v) is 13.0. The minimum atomic E-state index is 0.748. The first-order chi connectivity index (χ1) is 9.08. The van der Waals surface area contributed by atoms with Crippen LogP contribution in [0, 0.1) is 11.3 Å². The SMILES string of the molecule is CC(C)N1CC2(CC(CC(C)N3CCNCC3)C2)C1. The monoisotopic (exact) mass is 265 g/mol. The first-order valence-electron chi connectivity index (χ1n) is 8.27. The number of nitrogens with zero attached hydrogens (tertiary/aromatic N) is 2. The van der Waals surface area contributed by atoms with E-state index in [0.29, 0.717) is 0 Å². The van der Waals surface area contributed by atoms with Crippen molar-refractivity contribution in [1.29, 1.82) is 0 Å². The summed E-state index contributed by atoms with van der Waals surface area (Å²) < 4.78 is 0. The molecule has 3 nitrogen and oxygen atoms in total. The van der Waals surface area contributed by atoms with Crippen molar-refractivity contribution in [3.63, 3.8) is 0 Å². The van der Waals surface area contributed by atoms with Crippen molar-refractivity contribution in [3.05, 3.63) is 0 Å². The summed E-state index contributed by atoms with van der Waals surface area (Å²) >= 11 is 0. The molecule has 1 N–H and O–H groups in total. The van der Waals surface area contributed by atoms with E-state index in [4.69, 9.17) is 0 Å². The van der Waals surface area contributed by atoms with Gasteiger partial charge in [-0.1, -0.05) is 0 Å². The van der Waals surface area contributed by atoms with E-state index in [1.807, 2.05) is 0 Å². The highest BCUT2D eigenvalue weighted by Crippen LogP contribution is 2.53. The number of piperazine rings is 1. The van der Waals surface area contributed by atoms with Crippen LogP contribution >= 0.6 is 0 Å². The van der Waals surface area contributed by atoms with Crippen molar-refractivity contribution in [1.82, 2.24) is 15.1 Å². The fourth-order valence-corrected chi connectivity index (χ4v) is 4.52. The molecule has 3 heteroatoms. The van der Waals surface area contributed by atoms with E-state index in [2.05, 4.69) is 35.9 Å². The molecule has 3 rings (SSSR count). The number of likely N-dealkylation sites (tertiary alicyclic amines) is 1. The van der Waals surface area contributed by atoms with E-state index < -0.39 is 0 Å². The second-order valence-electron chi connectivity index (χ2n) is 7.64. The van der Waals surface area contributed by atoms with Gasteiger partial charge in [0.2, 0.25) is 0 Å². The molecular formula is C16H31N3. The molecule has 1 unspecified atom stereocenters. The average Bonchev–Trinajstić information content (AvgIpc) is 2.30. The fraction of sp³-hybridized carbons (Fsp3) is 1.00. The summed E-state index contributed by atoms with van der Waals surface area (Å²) in [5.41, 5.74) is 0.748. The molecule has 3 fully saturated rings. The lowest BCUT2D eigenvalue weighted by atomic mass is 9.56. The van der Waals surface area contributed by atoms with Crippen LogP contribution in [-0.2, 0) is 0 Å². The van der Waals surface area contributed by atoms with Gasteiger partial charge in [0.1, 0.15) is 0 Å². The van der Waals surface area contributed by atoms with Crippen molar-refractivity contribution in [3.8, 4) is 0 Å². The zero-order chi connectivity index (χ0) is 13.5. The second kappa shape index (κ2) is 5.34. The molecule has 1 saturated carbocycles. The number of hydrogen-bond donors (Lipinski definition) is 1. The molecule has 2 saturated heterocycles. The van der Waals surface area contributed by atoms with Crippen LogP contribution < -0.4 is 5.32 Å². The van der Waals surface area contributed by atoms with Gasteiger partial charge in [-0.3, -0.25) is 9.80 Å². The van der Waals surface area contributed by atoms with Gasteiger partial charge < -0.3 is 5.32 Å². The van der Waals surface area contributed by atoms with Crippen LogP contribution in [0.1, 0.15) is 40.0 Å². The predicted molar refractivity (Wildman–Crippen MR) is 80.4 cm³/mol. The van der Waals surface area contributed by atoms with Gasteiger partial charge in [-0.15, -0.1) is 0 Å². The fourth-order valence-electron chi connectivity index (χ4n) is 4.52. The van der Waals surface area contributed by atoms with E-state index in [0.717, 1.165) is 23.4 Å². The molecule has 19 heavy (non-hydrogen) atoms. The summed E-state index contributed by atoms with van der Waals surface area (Å²) in [6.45, 7) is 14.7. The van der Waals surface area contributed by atoms with Crippen LogP contribution in [0.2, 0.25) is 0 Å². The summed E-state index contributed by atoms with van der Waals surface area (Å²) in [4.78, 5) is 5.32. The Morgan fingerprint density at radius 1 is 1.05 bits per heavy atom. The summed E-state index contributed by atoms with van der Waals surface area (Å²) in [6, 6.07) is 1.55. The second-order valence-corrected chi connectivity index (χ2v) is 7.64. The first kappa shape index (κ1) is 13.8. The Kier molecular flexibility index (Phi) is 3.89. The lowest BCUT2D eigenvalue weighted by Gasteiger charge is -2.61. The van der Waals surface area contributed by atoms with E-state index >= 15 is 0 Å². The standard InChI is InChI=1S/C16H31N3/c1-13(2)19-11-16(12-19)9-15(10-16)8-14(3)18-6-4-17-5-7-18/h13-15,17H,4-12H2,1-3H3. The summed E-state index contributed by atoms with van der Waals surface area (Å²) in [5.74, 6) is 1.01. The lowest BCUT2D eigenvalue weighted by molar-refractivity contribution is -0.113. The third kappa shape index (κ3) is 2.84. The molecule has 2 aliphatic heterocycles. The Bertz CT molecular complexity index is 295. The van der Waals surface area contributed by atoms with Gasteiger partial charge in [-0.25, -0.2) is 0 Å². The third-order valence-corrected chi connectivity index (χ3v) is 5.70. The maximum atomic E-state index is 3.45. The van der Waals surface area contributed by atoms with E-state index in [-0.39, 0.29) is 0 Å². The minimum absolute atomic E-state index is 0.748. The van der Waals surface area contributed by atoms with Crippen molar-refractivity contribution in [2.75, 3.05) is 39.3 Å². The molecular weight excluding hydrogens is 234 g/mol. The summed E-state index contributed by atoms with van der Waals surface area (Å²) in [7, 11) is 0. The topological polar surface area (TPSA) is 18.5 Å². The third-order valence-electron chi connectivity index (χ3n) is 5.70. The predicted octanol–water partition coefficient (Wildman–Crippen LogP) is 1.79. The van der Waals surface area contributed by atoms with Crippen LogP contribution in [0.15, 0.2) is 0 Å². The highest BCUT2D eigenvalue weighted by atomic mass is 15.2. The average molecular weight is 265 g/mol. The highest BCUT2D eigenvalue weighted by molar-refractivity contribution is 5.05. The molecule has 0 radical (unpaired) electrons. The highest BCUT2D eigenvalue weighted by Gasteiger charge is 2.52. The lowest BCUT2D eigenvalue weighted by Crippen LogP contribution is -2.64. The van der Waals surface area contributed by atoms with Gasteiger partial charge >= 0.3 is 0 Å². The van der Waals surface area contributed by atoms with Gasteiger partial charge in [0.25, 0.3) is 0 Å². The molecule has 3 aliphatic rings. The number of nitrogens with one attached hydrogen (secondary N) is 1. The van der Waals surface area contributed by atoms with E-state index in [1.165, 1.54) is 58.5 Å². The molecule has 1 aliphatic carbocycles. The number of hydrogen-bond acceptors (Lipinski definition) is 3. The van der Waals surface area contributed by atoms with Crippen LogP contribution in [0.3, 0.4) is 0 Å². The Morgan fingerprint density at radius 2 is 1.68 bits per heavy atom. The molecule has 0 amide bonds. The quantitative estimate of drug-likeness (QED) is 0.836. The summed E-state index contributed by atoms with van der Waals surface area (Å²) in [6.07, 6.45) is 4.45. The molecule has 1 spiro atoms. The smallest absolute Gasteiger partial charge is 0.0110 e. The van der Waals surface area contributed by atoms with Gasteiger partial charge in [0.05, 0.1) is 0 Å². The number of rotatable bonds is 4. The maximum absolute atomic E-state index is 3.45.